The summed E-state index contributed by atoms with van der Waals surface area (Å²) in [6, 6.07) is 9.70. The van der Waals surface area contributed by atoms with Crippen LogP contribution in [-0.2, 0) is 6.42 Å². The van der Waals surface area contributed by atoms with Crippen molar-refractivity contribution in [3.8, 4) is 5.88 Å². The molecule has 2 aromatic heterocycles. The zero-order chi connectivity index (χ0) is 19.8. The molecule has 3 N–H and O–H groups in total. The molecule has 4 aromatic rings. The number of amides is 1. The summed E-state index contributed by atoms with van der Waals surface area (Å²) >= 11 is 6.09. The van der Waals surface area contributed by atoms with Gasteiger partial charge in [-0.05, 0) is 37.1 Å². The monoisotopic (exact) mass is 403 g/mol. The summed E-state index contributed by atoms with van der Waals surface area (Å²) in [6.07, 6.45) is -0.192. The van der Waals surface area contributed by atoms with Crippen LogP contribution >= 0.6 is 11.6 Å². The third-order valence-corrected chi connectivity index (χ3v) is 4.93. The lowest BCUT2D eigenvalue weighted by molar-refractivity contribution is 0.199. The second kappa shape index (κ2) is 7.16. The first kappa shape index (κ1) is 18.3. The van der Waals surface area contributed by atoms with Crippen molar-refractivity contribution < 1.29 is 18.3 Å². The molecule has 2 heterocycles. The number of carbonyl (C=O) groups excluding carboxylic acids is 1. The number of nitrogens with one attached hydrogen (secondary N) is 3. The summed E-state index contributed by atoms with van der Waals surface area (Å²) in [5, 5.41) is 4.61. The van der Waals surface area contributed by atoms with Crippen molar-refractivity contribution in [1.29, 1.82) is 0 Å². The topological polar surface area (TPSA) is 69.9 Å². The Labute approximate surface area is 163 Å². The minimum Gasteiger partial charge on any atom is -0.393 e. The van der Waals surface area contributed by atoms with E-state index >= 15 is 0 Å². The number of ether oxygens (including phenoxy) is 1. The molecular weight excluding hydrogens is 388 g/mol. The number of aromatic amines is 2. The van der Waals surface area contributed by atoms with Gasteiger partial charge in [-0.25, -0.2) is 13.6 Å². The van der Waals surface area contributed by atoms with Crippen LogP contribution in [0.5, 0.6) is 5.88 Å². The highest BCUT2D eigenvalue weighted by Crippen LogP contribution is 2.27. The molecule has 1 amide bonds. The van der Waals surface area contributed by atoms with Crippen LogP contribution in [0.1, 0.15) is 11.3 Å². The molecular formula is C20H16ClF2N3O2. The maximum absolute atomic E-state index is 13.9. The minimum atomic E-state index is -0.906. The van der Waals surface area contributed by atoms with Gasteiger partial charge in [0.25, 0.3) is 0 Å². The molecule has 4 rings (SSSR count). The largest absolute Gasteiger partial charge is 0.413 e. The van der Waals surface area contributed by atoms with E-state index in [9.17, 15) is 13.6 Å². The summed E-state index contributed by atoms with van der Waals surface area (Å²) < 4.78 is 32.5. The number of aryl methyl sites for hydroxylation is 1. The van der Waals surface area contributed by atoms with Crippen LogP contribution in [0.3, 0.4) is 0 Å². The van der Waals surface area contributed by atoms with Gasteiger partial charge in [-0.1, -0.05) is 23.7 Å². The molecule has 2 aromatic carbocycles. The highest BCUT2D eigenvalue weighted by molar-refractivity contribution is 6.35. The number of fused-ring (bicyclic) bond motifs is 2. The average Bonchev–Trinajstić information content (AvgIpc) is 3.20. The van der Waals surface area contributed by atoms with Crippen LogP contribution in [0.25, 0.3) is 21.8 Å². The first-order valence-electron chi connectivity index (χ1n) is 8.62. The van der Waals surface area contributed by atoms with Gasteiger partial charge in [-0.2, -0.15) is 0 Å². The molecule has 0 fully saturated rings. The zero-order valence-electron chi connectivity index (χ0n) is 14.8. The number of para-hydroxylation sites is 1. The fourth-order valence-electron chi connectivity index (χ4n) is 3.29. The van der Waals surface area contributed by atoms with Crippen LogP contribution < -0.4 is 10.1 Å². The molecule has 8 heteroatoms. The van der Waals surface area contributed by atoms with Gasteiger partial charge in [0.15, 0.2) is 11.6 Å². The van der Waals surface area contributed by atoms with Gasteiger partial charge in [-0.15, -0.1) is 0 Å². The Morgan fingerprint density at radius 2 is 2.00 bits per heavy atom. The maximum Gasteiger partial charge on any atom is 0.413 e. The van der Waals surface area contributed by atoms with E-state index in [-0.39, 0.29) is 17.9 Å². The summed E-state index contributed by atoms with van der Waals surface area (Å²) in [5.74, 6) is -1.53. The molecule has 0 radical (unpaired) electrons. The van der Waals surface area contributed by atoms with Gasteiger partial charge < -0.3 is 20.0 Å². The summed E-state index contributed by atoms with van der Waals surface area (Å²) in [7, 11) is 0. The zero-order valence-corrected chi connectivity index (χ0v) is 15.6. The predicted octanol–water partition coefficient (Wildman–Crippen LogP) is 5.22. The molecule has 5 nitrogen and oxygen atoms in total. The molecule has 0 aliphatic heterocycles. The number of H-pyrrole nitrogens is 2. The van der Waals surface area contributed by atoms with Crippen LogP contribution in [0.15, 0.2) is 36.4 Å². The predicted molar refractivity (Wildman–Crippen MR) is 104 cm³/mol. The van der Waals surface area contributed by atoms with Crippen molar-refractivity contribution in [3.63, 3.8) is 0 Å². The standard InChI is InChI=1S/C20H16ClF2N3O2/c1-10-12(13-5-6-15(22)17(23)19(13)25-10)7-8-24-20(27)28-16-9-11-3-2-4-14(21)18(11)26-16/h2-6,9,25-26H,7-8H2,1H3,(H,24,27). The lowest BCUT2D eigenvalue weighted by Gasteiger charge is -2.06. The second-order valence-electron chi connectivity index (χ2n) is 6.42. The van der Waals surface area contributed by atoms with Crippen LogP contribution in [0, 0.1) is 18.6 Å². The normalized spacial score (nSPS) is 11.3. The van der Waals surface area contributed by atoms with Crippen molar-refractivity contribution in [2.45, 2.75) is 13.3 Å². The minimum absolute atomic E-state index is 0.130. The Kier molecular flexibility index (Phi) is 4.68. The molecule has 144 valence electrons. The average molecular weight is 404 g/mol. The Morgan fingerprint density at radius 3 is 2.79 bits per heavy atom. The molecule has 0 atom stereocenters. The summed E-state index contributed by atoms with van der Waals surface area (Å²) in [4.78, 5) is 17.9. The van der Waals surface area contributed by atoms with E-state index in [1.807, 2.05) is 6.07 Å². The van der Waals surface area contributed by atoms with Crippen LogP contribution in [0.4, 0.5) is 13.6 Å². The Morgan fingerprint density at radius 1 is 1.18 bits per heavy atom. The van der Waals surface area contributed by atoms with E-state index in [4.69, 9.17) is 16.3 Å². The van der Waals surface area contributed by atoms with E-state index in [2.05, 4.69) is 15.3 Å². The fourth-order valence-corrected chi connectivity index (χ4v) is 3.51. The van der Waals surface area contributed by atoms with Gasteiger partial charge in [-0.3, -0.25) is 0 Å². The van der Waals surface area contributed by atoms with Crippen molar-refractivity contribution >= 4 is 39.5 Å². The van der Waals surface area contributed by atoms with Gasteiger partial charge >= 0.3 is 6.09 Å². The molecule has 28 heavy (non-hydrogen) atoms. The van der Waals surface area contributed by atoms with Gasteiger partial charge in [0, 0.05) is 29.1 Å². The van der Waals surface area contributed by atoms with Crippen molar-refractivity contribution in [2.24, 2.45) is 0 Å². The number of halogens is 3. The molecule has 0 bridgehead atoms. The number of hydrogen-bond donors (Lipinski definition) is 3. The summed E-state index contributed by atoms with van der Waals surface area (Å²) in [5.41, 5.74) is 2.35. The lowest BCUT2D eigenvalue weighted by Crippen LogP contribution is -2.28. The highest BCUT2D eigenvalue weighted by Gasteiger charge is 2.15. The lowest BCUT2D eigenvalue weighted by atomic mass is 10.1. The molecule has 0 saturated carbocycles. The maximum atomic E-state index is 13.9. The second-order valence-corrected chi connectivity index (χ2v) is 6.82. The SMILES string of the molecule is Cc1[nH]c2c(F)c(F)ccc2c1CCNC(=O)Oc1cc2cccc(Cl)c2[nH]1. The first-order chi connectivity index (χ1) is 13.4. The number of aromatic nitrogens is 2. The molecule has 0 spiro atoms. The molecule has 0 unspecified atom stereocenters. The van der Waals surface area contributed by atoms with Crippen molar-refractivity contribution in [3.05, 3.63) is 64.3 Å². The molecule has 0 aliphatic rings. The fraction of sp³-hybridized carbons (Fsp3) is 0.150. The Hall–Kier alpha value is -3.06. The number of benzene rings is 2. The van der Waals surface area contributed by atoms with Gasteiger partial charge in [0.1, 0.15) is 0 Å². The first-order valence-corrected chi connectivity index (χ1v) is 9.00. The van der Waals surface area contributed by atoms with Crippen LogP contribution in [-0.4, -0.2) is 22.6 Å². The quantitative estimate of drug-likeness (QED) is 0.437. The van der Waals surface area contributed by atoms with Gasteiger partial charge in [0.2, 0.25) is 5.88 Å². The number of carbonyl (C=O) groups is 1. The third-order valence-electron chi connectivity index (χ3n) is 4.61. The number of rotatable bonds is 4. The van der Waals surface area contributed by atoms with E-state index in [1.165, 1.54) is 6.07 Å². The van der Waals surface area contributed by atoms with E-state index < -0.39 is 17.7 Å². The van der Waals surface area contributed by atoms with Crippen LogP contribution in [0.2, 0.25) is 5.02 Å². The highest BCUT2D eigenvalue weighted by atomic mass is 35.5. The Bertz CT molecular complexity index is 1200. The smallest absolute Gasteiger partial charge is 0.393 e. The third kappa shape index (κ3) is 3.29. The van der Waals surface area contributed by atoms with E-state index in [0.29, 0.717) is 22.3 Å². The Balaban J connectivity index is 1.41. The van der Waals surface area contributed by atoms with Gasteiger partial charge in [0.05, 0.1) is 16.1 Å². The summed E-state index contributed by atoms with van der Waals surface area (Å²) in [6.45, 7) is 2.05. The van der Waals surface area contributed by atoms with Crippen molar-refractivity contribution in [1.82, 2.24) is 15.3 Å². The molecule has 0 aliphatic carbocycles. The molecule has 0 saturated heterocycles. The van der Waals surface area contributed by atoms with E-state index in [0.717, 1.165) is 22.7 Å². The van der Waals surface area contributed by atoms with Crippen molar-refractivity contribution in [2.75, 3.05) is 6.54 Å². The van der Waals surface area contributed by atoms with E-state index in [1.54, 1.807) is 25.1 Å². The number of hydrogen-bond acceptors (Lipinski definition) is 2.